The molecule has 1 heterocycles. The number of aliphatic carboxylic acids is 1. The topological polar surface area (TPSA) is 294 Å². The summed E-state index contributed by atoms with van der Waals surface area (Å²) < 4.78 is 53.0. The lowest BCUT2D eigenvalue weighted by atomic mass is 9.87. The first-order valence-corrected chi connectivity index (χ1v) is 14.2. The van der Waals surface area contributed by atoms with Gasteiger partial charge in [-0.2, -0.15) is 5.48 Å². The highest BCUT2D eigenvalue weighted by Gasteiger charge is 2.81. The van der Waals surface area contributed by atoms with E-state index >= 15 is 0 Å². The van der Waals surface area contributed by atoms with Gasteiger partial charge in [0.05, 0.1) is 11.7 Å². The predicted molar refractivity (Wildman–Crippen MR) is 153 cm³/mol. The molecule has 9 atom stereocenters. The Bertz CT molecular complexity index is 1280. The van der Waals surface area contributed by atoms with Gasteiger partial charge in [0, 0.05) is 45.9 Å². The maximum absolute atomic E-state index is 13.3. The van der Waals surface area contributed by atoms with Gasteiger partial charge >= 0.3 is 47.2 Å². The second-order valence-corrected chi connectivity index (χ2v) is 12.0. The Labute approximate surface area is 278 Å². The van der Waals surface area contributed by atoms with Crippen molar-refractivity contribution in [2.45, 2.75) is 114 Å². The zero-order valence-corrected chi connectivity index (χ0v) is 26.8. The van der Waals surface area contributed by atoms with Gasteiger partial charge in [-0.15, -0.1) is 11.8 Å². The molecule has 2 unspecified atom stereocenters. The van der Waals surface area contributed by atoms with Crippen molar-refractivity contribution in [1.82, 2.24) is 10.4 Å². The molecule has 0 saturated carbocycles. The second-order valence-electron chi connectivity index (χ2n) is 10.9. The maximum atomic E-state index is 13.3. The molecule has 1 aliphatic rings. The van der Waals surface area contributed by atoms with E-state index in [1.807, 2.05) is 0 Å². The van der Waals surface area contributed by atoms with E-state index in [4.69, 9.17) is 19.8 Å². The van der Waals surface area contributed by atoms with E-state index in [0.717, 1.165) is 7.05 Å². The lowest BCUT2D eigenvalue weighted by Gasteiger charge is -2.56. The third-order valence-electron chi connectivity index (χ3n) is 6.00. The summed E-state index contributed by atoms with van der Waals surface area (Å²) in [6.45, 7) is 0.628. The van der Waals surface area contributed by atoms with Gasteiger partial charge in [0.2, 0.25) is 12.2 Å². The van der Waals surface area contributed by atoms with Gasteiger partial charge in [-0.1, -0.05) is 0 Å². The fraction of sp³-hybridized carbons (Fsp3) is 0.769. The number of nitrogens with zero attached hydrogens (tertiary/aromatic N) is 1. The van der Waals surface area contributed by atoms with E-state index in [1.165, 1.54) is 6.92 Å². The minimum Gasteiger partial charge on any atom is -0.480 e. The molecular formula is C26H42N2O18S. The molecule has 0 aromatic heterocycles. The number of ether oxygens (including phenoxy) is 5. The molecule has 1 amide bonds. The summed E-state index contributed by atoms with van der Waals surface area (Å²) in [6.07, 6.45) is -7.33. The standard InChI is InChI=1S/C26H42N2O18S/c1-11(29)17(27-46-23(6,7)8)19(34)28(9)16(20(35)36)10-47-22-25(39,44-14(4)32)26(40,45-15(5)33)24(38,43-13(3)31)18(42-22)21(37)41-12(2)30/h11,16-18,21-22,27,29,37-40H,10H2,1-9H3,(H,35,36)/t11-,16+,17+,18-,21?,22?,24+,25-,26-/m1/s1/i2D,3D,4D,5D. The van der Waals surface area contributed by atoms with Crippen LogP contribution in [0.3, 0.4) is 0 Å². The number of hydrogen-bond donors (Lipinski definition) is 7. The molecule has 0 aromatic rings. The molecule has 0 aromatic carbocycles. The van der Waals surface area contributed by atoms with Gasteiger partial charge in [-0.05, 0) is 27.7 Å². The zero-order chi connectivity index (χ0) is 39.7. The third-order valence-corrected chi connectivity index (χ3v) is 7.25. The monoisotopic (exact) mass is 706 g/mol. The SMILES string of the molecule is [2H]CC(=O)OC(O)[C@H]1OC(SC[C@@H](C(=O)O)N(C)C(=O)[C@@H](NOC(C)(C)C)[C@@H](C)O)[C@@](O)(OC(=O)C[2H])[C@](O)(OC(=O)C[2H])[C@@]1(O)OC(=O)C[2H]. The van der Waals surface area contributed by atoms with E-state index in [-0.39, 0.29) is 11.8 Å². The number of carboxylic acids is 1. The van der Waals surface area contributed by atoms with Crippen molar-refractivity contribution in [2.75, 3.05) is 12.8 Å². The summed E-state index contributed by atoms with van der Waals surface area (Å²) in [5.41, 5.74) is -1.17. The smallest absolute Gasteiger partial charge is 0.350 e. The normalized spacial score (nSPS) is 29.7. The summed E-state index contributed by atoms with van der Waals surface area (Å²) >= 11 is 0.00985. The summed E-state index contributed by atoms with van der Waals surface area (Å²) in [6, 6.07) is -3.54. The molecular weight excluding hydrogens is 660 g/mol. The number of amides is 1. The van der Waals surface area contributed by atoms with Crippen LogP contribution < -0.4 is 5.48 Å². The van der Waals surface area contributed by atoms with Crippen molar-refractivity contribution in [3.05, 3.63) is 0 Å². The number of carboxylic acid groups (broad SMARTS) is 1. The van der Waals surface area contributed by atoms with Crippen molar-refractivity contribution < 1.29 is 93.4 Å². The average molecular weight is 707 g/mol. The summed E-state index contributed by atoms with van der Waals surface area (Å²) in [5, 5.41) is 66.2. The van der Waals surface area contributed by atoms with Crippen molar-refractivity contribution in [3.8, 4) is 0 Å². The number of likely N-dealkylation sites (N-methyl/N-ethyl adjacent to an activating group) is 1. The number of carbonyl (C=O) groups is 6. The number of rotatable bonds is 14. The number of thioether (sulfide) groups is 1. The van der Waals surface area contributed by atoms with Crippen LogP contribution in [0, 0.1) is 0 Å². The number of carbonyl (C=O) groups excluding carboxylic acids is 5. The van der Waals surface area contributed by atoms with Gasteiger partial charge in [-0.3, -0.25) is 28.8 Å². The highest BCUT2D eigenvalue weighted by molar-refractivity contribution is 7.99. The molecule has 21 heteroatoms. The van der Waals surface area contributed by atoms with Crippen LogP contribution in [0.15, 0.2) is 0 Å². The van der Waals surface area contributed by atoms with E-state index in [1.54, 1.807) is 20.8 Å². The van der Waals surface area contributed by atoms with Gasteiger partial charge in [0.25, 0.3) is 0 Å². The van der Waals surface area contributed by atoms with E-state index < -0.39 is 128 Å². The van der Waals surface area contributed by atoms with Crippen molar-refractivity contribution in [3.63, 3.8) is 0 Å². The number of nitrogens with one attached hydrogen (secondary N) is 1. The van der Waals surface area contributed by atoms with Gasteiger partial charge in [0.15, 0.2) is 11.5 Å². The predicted octanol–water partition coefficient (Wildman–Crippen LogP) is -2.94. The molecule has 1 aliphatic heterocycles. The molecule has 1 fully saturated rings. The third kappa shape index (κ3) is 9.93. The van der Waals surface area contributed by atoms with Crippen LogP contribution in [0.1, 0.15) is 60.8 Å². The van der Waals surface area contributed by atoms with Gasteiger partial charge in [0.1, 0.15) is 12.1 Å². The largest absolute Gasteiger partial charge is 0.480 e. The Morgan fingerprint density at radius 1 is 0.936 bits per heavy atom. The molecule has 270 valence electrons. The van der Waals surface area contributed by atoms with Crippen molar-refractivity contribution >= 4 is 47.5 Å². The Kier molecular flexibility index (Phi) is 11.8. The van der Waals surface area contributed by atoms with Crippen LogP contribution in [-0.2, 0) is 57.3 Å². The molecule has 20 nitrogen and oxygen atoms in total. The number of esters is 4. The molecule has 0 spiro atoms. The maximum Gasteiger partial charge on any atom is 0.350 e. The van der Waals surface area contributed by atoms with Crippen LogP contribution >= 0.6 is 11.8 Å². The number of aliphatic hydroxyl groups is 5. The summed E-state index contributed by atoms with van der Waals surface area (Å²) in [7, 11) is 0.974. The molecule has 0 aliphatic carbocycles. The van der Waals surface area contributed by atoms with Crippen LogP contribution in [0.25, 0.3) is 0 Å². The fourth-order valence-electron chi connectivity index (χ4n) is 3.93. The van der Waals surface area contributed by atoms with Crippen molar-refractivity contribution in [1.29, 1.82) is 0 Å². The van der Waals surface area contributed by atoms with Crippen LogP contribution in [-0.4, -0.2) is 143 Å². The minimum atomic E-state index is -4.42. The Balaban J connectivity index is 3.91. The summed E-state index contributed by atoms with van der Waals surface area (Å²) in [5.74, 6) is -23.5. The Hall–Kier alpha value is -3.15. The Morgan fingerprint density at radius 2 is 1.45 bits per heavy atom. The van der Waals surface area contributed by atoms with Gasteiger partial charge in [-0.25, -0.2) is 4.79 Å². The number of hydroxylamine groups is 1. The second kappa shape index (κ2) is 15.8. The van der Waals surface area contributed by atoms with Crippen LogP contribution in [0.2, 0.25) is 0 Å². The molecule has 0 bridgehead atoms. The van der Waals surface area contributed by atoms with E-state index in [0.29, 0.717) is 4.90 Å². The quantitative estimate of drug-likeness (QED) is 0.0411. The van der Waals surface area contributed by atoms with Crippen LogP contribution in [0.5, 0.6) is 0 Å². The lowest BCUT2D eigenvalue weighted by molar-refractivity contribution is -0.509. The molecule has 7 N–H and O–H groups in total. The van der Waals surface area contributed by atoms with Crippen molar-refractivity contribution in [2.24, 2.45) is 0 Å². The number of hydrogen-bond acceptors (Lipinski definition) is 19. The Morgan fingerprint density at radius 3 is 1.91 bits per heavy atom. The average Bonchev–Trinajstić information content (AvgIpc) is 3.03. The first kappa shape index (κ1) is 35.2. The first-order chi connectivity index (χ1) is 23.4. The fourth-order valence-corrected chi connectivity index (χ4v) is 5.29. The zero-order valence-electron chi connectivity index (χ0n) is 29.9. The molecule has 1 saturated heterocycles. The molecule has 0 radical (unpaired) electrons. The van der Waals surface area contributed by atoms with Crippen LogP contribution in [0.4, 0.5) is 0 Å². The van der Waals surface area contributed by atoms with Gasteiger partial charge < -0.3 is 59.2 Å². The van der Waals surface area contributed by atoms with E-state index in [9.17, 15) is 59.4 Å². The molecule has 47 heavy (non-hydrogen) atoms. The number of aliphatic hydroxyl groups excluding tert-OH is 2. The highest BCUT2D eigenvalue weighted by atomic mass is 32.2. The highest BCUT2D eigenvalue weighted by Crippen LogP contribution is 2.51. The summed E-state index contributed by atoms with van der Waals surface area (Å²) in [4.78, 5) is 80.6. The molecule has 1 rings (SSSR count). The van der Waals surface area contributed by atoms with E-state index in [2.05, 4.69) is 19.7 Å². The first-order valence-electron chi connectivity index (χ1n) is 16.0. The minimum absolute atomic E-state index is 0.00985. The lowest BCUT2D eigenvalue weighted by Crippen LogP contribution is -2.83.